The van der Waals surface area contributed by atoms with Crippen LogP contribution in [0.25, 0.3) is 22.5 Å². The summed E-state index contributed by atoms with van der Waals surface area (Å²) in [6.07, 6.45) is 2.73. The molecule has 2 N–H and O–H groups in total. The fourth-order valence-corrected chi connectivity index (χ4v) is 2.55. The molecule has 4 heteroatoms. The van der Waals surface area contributed by atoms with Gasteiger partial charge >= 0.3 is 0 Å². The molecule has 0 spiro atoms. The third kappa shape index (κ3) is 2.29. The maximum atomic E-state index is 6.22. The van der Waals surface area contributed by atoms with Crippen molar-refractivity contribution < 1.29 is 0 Å². The first-order valence-corrected chi connectivity index (χ1v) is 7.04. The quantitative estimate of drug-likeness (QED) is 0.799. The van der Waals surface area contributed by atoms with E-state index in [0.29, 0.717) is 5.82 Å². The molecule has 0 bridgehead atoms. The number of aryl methyl sites for hydroxylation is 2. The molecule has 0 fully saturated rings. The van der Waals surface area contributed by atoms with Crippen molar-refractivity contribution in [1.82, 2.24) is 14.8 Å². The summed E-state index contributed by atoms with van der Waals surface area (Å²) in [4.78, 5) is 4.43. The van der Waals surface area contributed by atoms with Crippen molar-refractivity contribution in [2.75, 3.05) is 5.73 Å². The molecule has 1 aromatic carbocycles. The Labute approximate surface area is 124 Å². The number of nitrogens with zero attached hydrogens (tertiary/aromatic N) is 3. The van der Waals surface area contributed by atoms with Crippen LogP contribution in [-0.4, -0.2) is 14.8 Å². The maximum Gasteiger partial charge on any atom is 0.131 e. The molecule has 0 aliphatic carbocycles. The second kappa shape index (κ2) is 5.40. The van der Waals surface area contributed by atoms with Gasteiger partial charge in [-0.05, 0) is 24.1 Å². The van der Waals surface area contributed by atoms with E-state index in [1.165, 1.54) is 5.56 Å². The lowest BCUT2D eigenvalue weighted by molar-refractivity contribution is 0.782. The van der Waals surface area contributed by atoms with E-state index < -0.39 is 0 Å². The number of anilines is 1. The summed E-state index contributed by atoms with van der Waals surface area (Å²) in [7, 11) is 1.86. The Kier molecular flexibility index (Phi) is 3.44. The lowest BCUT2D eigenvalue weighted by atomic mass is 9.98. The molecule has 3 rings (SSSR count). The Bertz CT molecular complexity index is 760. The Hall–Kier alpha value is -2.62. The average molecular weight is 278 g/mol. The Morgan fingerprint density at radius 3 is 2.57 bits per heavy atom. The van der Waals surface area contributed by atoms with Gasteiger partial charge < -0.3 is 5.73 Å². The summed E-state index contributed by atoms with van der Waals surface area (Å²) < 4.78 is 1.71. The first-order valence-electron chi connectivity index (χ1n) is 7.04. The van der Waals surface area contributed by atoms with Gasteiger partial charge in [-0.15, -0.1) is 0 Å². The van der Waals surface area contributed by atoms with E-state index in [9.17, 15) is 0 Å². The van der Waals surface area contributed by atoms with Gasteiger partial charge in [-0.2, -0.15) is 5.10 Å². The van der Waals surface area contributed by atoms with Gasteiger partial charge in [0.1, 0.15) is 11.5 Å². The van der Waals surface area contributed by atoms with Gasteiger partial charge in [0.2, 0.25) is 0 Å². The van der Waals surface area contributed by atoms with Crippen LogP contribution in [0.15, 0.2) is 48.7 Å². The standard InChI is InChI=1S/C17H18N4/c1-3-12-8-4-5-9-13(12)16-15(17(18)21(2)20-16)14-10-6-7-11-19-14/h4-11H,3,18H2,1-2H3. The average Bonchev–Trinajstić information content (AvgIpc) is 2.83. The van der Waals surface area contributed by atoms with E-state index in [1.54, 1.807) is 10.9 Å². The molecule has 106 valence electrons. The predicted molar refractivity (Wildman–Crippen MR) is 85.7 cm³/mol. The van der Waals surface area contributed by atoms with Crippen molar-refractivity contribution in [3.8, 4) is 22.5 Å². The van der Waals surface area contributed by atoms with Crippen LogP contribution >= 0.6 is 0 Å². The second-order valence-corrected chi connectivity index (χ2v) is 4.96. The van der Waals surface area contributed by atoms with Crippen LogP contribution in [0.2, 0.25) is 0 Å². The van der Waals surface area contributed by atoms with Crippen molar-refractivity contribution in [2.45, 2.75) is 13.3 Å². The van der Waals surface area contributed by atoms with Crippen LogP contribution in [-0.2, 0) is 13.5 Å². The molecule has 2 aromatic heterocycles. The molecule has 0 radical (unpaired) electrons. The highest BCUT2D eigenvalue weighted by Crippen LogP contribution is 2.36. The number of hydrogen-bond donors (Lipinski definition) is 1. The largest absolute Gasteiger partial charge is 0.383 e. The van der Waals surface area contributed by atoms with Gasteiger partial charge in [-0.1, -0.05) is 37.3 Å². The van der Waals surface area contributed by atoms with Crippen LogP contribution in [0.4, 0.5) is 5.82 Å². The predicted octanol–water partition coefficient (Wildman–Crippen LogP) is 3.29. The summed E-state index contributed by atoms with van der Waals surface area (Å²) in [5.74, 6) is 0.634. The first kappa shape index (κ1) is 13.4. The maximum absolute atomic E-state index is 6.22. The molecule has 0 aliphatic rings. The van der Waals surface area contributed by atoms with E-state index >= 15 is 0 Å². The Balaban J connectivity index is 2.27. The zero-order valence-corrected chi connectivity index (χ0v) is 12.2. The minimum absolute atomic E-state index is 0.634. The number of benzene rings is 1. The highest BCUT2D eigenvalue weighted by Gasteiger charge is 2.19. The van der Waals surface area contributed by atoms with Crippen LogP contribution in [0.1, 0.15) is 12.5 Å². The zero-order valence-electron chi connectivity index (χ0n) is 12.2. The van der Waals surface area contributed by atoms with Crippen molar-refractivity contribution >= 4 is 5.82 Å². The van der Waals surface area contributed by atoms with E-state index in [2.05, 4.69) is 35.2 Å². The van der Waals surface area contributed by atoms with Crippen LogP contribution in [0.3, 0.4) is 0 Å². The smallest absolute Gasteiger partial charge is 0.131 e. The Morgan fingerprint density at radius 2 is 1.86 bits per heavy atom. The highest BCUT2D eigenvalue weighted by atomic mass is 15.3. The van der Waals surface area contributed by atoms with Crippen molar-refractivity contribution in [3.05, 3.63) is 54.2 Å². The molecule has 2 heterocycles. The molecule has 0 aliphatic heterocycles. The van der Waals surface area contributed by atoms with Gasteiger partial charge in [-0.3, -0.25) is 9.67 Å². The monoisotopic (exact) mass is 278 g/mol. The minimum atomic E-state index is 0.634. The molecule has 0 amide bonds. The number of pyridine rings is 1. The molecular weight excluding hydrogens is 260 g/mol. The summed E-state index contributed by atoms with van der Waals surface area (Å²) in [6, 6.07) is 14.1. The van der Waals surface area contributed by atoms with Gasteiger partial charge in [0.25, 0.3) is 0 Å². The number of nitrogen functional groups attached to an aromatic ring is 1. The van der Waals surface area contributed by atoms with Crippen molar-refractivity contribution in [3.63, 3.8) is 0 Å². The van der Waals surface area contributed by atoms with Crippen molar-refractivity contribution in [1.29, 1.82) is 0 Å². The van der Waals surface area contributed by atoms with Gasteiger partial charge in [-0.25, -0.2) is 0 Å². The van der Waals surface area contributed by atoms with Gasteiger partial charge in [0, 0.05) is 18.8 Å². The summed E-state index contributed by atoms with van der Waals surface area (Å²) in [6.45, 7) is 2.14. The van der Waals surface area contributed by atoms with Crippen LogP contribution in [0, 0.1) is 0 Å². The normalized spacial score (nSPS) is 10.8. The fraction of sp³-hybridized carbons (Fsp3) is 0.176. The van der Waals surface area contributed by atoms with Crippen LogP contribution in [0.5, 0.6) is 0 Å². The van der Waals surface area contributed by atoms with E-state index in [4.69, 9.17) is 5.73 Å². The number of aromatic nitrogens is 3. The molecule has 0 unspecified atom stereocenters. The lowest BCUT2D eigenvalue weighted by Crippen LogP contribution is -1.98. The van der Waals surface area contributed by atoms with E-state index in [1.807, 2.05) is 31.3 Å². The minimum Gasteiger partial charge on any atom is -0.383 e. The third-order valence-electron chi connectivity index (χ3n) is 3.67. The zero-order chi connectivity index (χ0) is 14.8. The summed E-state index contributed by atoms with van der Waals surface area (Å²) >= 11 is 0. The number of rotatable bonds is 3. The summed E-state index contributed by atoms with van der Waals surface area (Å²) in [5, 5.41) is 4.62. The molecule has 3 aromatic rings. The van der Waals surface area contributed by atoms with E-state index in [0.717, 1.165) is 28.9 Å². The number of nitrogens with two attached hydrogens (primary N) is 1. The highest BCUT2D eigenvalue weighted by molar-refractivity contribution is 5.87. The first-order chi connectivity index (χ1) is 10.2. The second-order valence-electron chi connectivity index (χ2n) is 4.96. The SMILES string of the molecule is CCc1ccccc1-c1nn(C)c(N)c1-c1ccccn1. The number of hydrogen-bond acceptors (Lipinski definition) is 3. The van der Waals surface area contributed by atoms with Crippen molar-refractivity contribution in [2.24, 2.45) is 7.05 Å². The third-order valence-corrected chi connectivity index (χ3v) is 3.67. The van der Waals surface area contributed by atoms with E-state index in [-0.39, 0.29) is 0 Å². The summed E-state index contributed by atoms with van der Waals surface area (Å²) in [5.41, 5.74) is 11.2. The van der Waals surface area contributed by atoms with Crippen LogP contribution < -0.4 is 5.73 Å². The molecule has 21 heavy (non-hydrogen) atoms. The fourth-order valence-electron chi connectivity index (χ4n) is 2.55. The molecular formula is C17H18N4. The topological polar surface area (TPSA) is 56.7 Å². The molecule has 0 saturated heterocycles. The molecule has 0 atom stereocenters. The van der Waals surface area contributed by atoms with Gasteiger partial charge in [0.15, 0.2) is 0 Å². The molecule has 4 nitrogen and oxygen atoms in total. The van der Waals surface area contributed by atoms with Gasteiger partial charge in [0.05, 0.1) is 11.3 Å². The lowest BCUT2D eigenvalue weighted by Gasteiger charge is -2.07. The molecule has 0 saturated carbocycles. The Morgan fingerprint density at radius 1 is 1.10 bits per heavy atom.